The van der Waals surface area contributed by atoms with Gasteiger partial charge in [-0.15, -0.1) is 0 Å². The predicted octanol–water partition coefficient (Wildman–Crippen LogP) is 1.05. The molecule has 6 nitrogen and oxygen atoms in total. The molecule has 0 bridgehead atoms. The van der Waals surface area contributed by atoms with E-state index in [9.17, 15) is 8.42 Å². The molecule has 9 heteroatoms. The summed E-state index contributed by atoms with van der Waals surface area (Å²) >= 11 is 11.4. The van der Waals surface area contributed by atoms with Gasteiger partial charge in [0.15, 0.2) is 0 Å². The second kappa shape index (κ2) is 5.16. The fraction of sp³-hybridized carbons (Fsp3) is 0.556. The summed E-state index contributed by atoms with van der Waals surface area (Å²) in [5.74, 6) is 0.360. The first-order valence-electron chi connectivity index (χ1n) is 5.12. The Morgan fingerprint density at radius 1 is 1.50 bits per heavy atom. The minimum atomic E-state index is -3.09. The summed E-state index contributed by atoms with van der Waals surface area (Å²) in [6.45, 7) is 1.25. The Hall–Kier alpha value is -0.630. The molecule has 1 saturated heterocycles. The van der Waals surface area contributed by atoms with Gasteiger partial charge in [0.25, 0.3) is 0 Å². The average Bonchev–Trinajstić information content (AvgIpc) is 2.18. The molecule has 0 N–H and O–H groups in total. The molecule has 0 amide bonds. The maximum Gasteiger partial charge on any atom is 0.237 e. The first kappa shape index (κ1) is 13.8. The molecule has 0 spiro atoms. The topological polar surface area (TPSA) is 72.4 Å². The van der Waals surface area contributed by atoms with E-state index in [2.05, 4.69) is 9.97 Å². The van der Waals surface area contributed by atoms with Crippen molar-refractivity contribution in [3.63, 3.8) is 0 Å². The highest BCUT2D eigenvalue weighted by Gasteiger charge is 2.33. The monoisotopic (exact) mass is 311 g/mol. The van der Waals surface area contributed by atoms with E-state index in [1.165, 1.54) is 16.8 Å². The molecule has 0 aromatic carbocycles. The summed E-state index contributed by atoms with van der Waals surface area (Å²) in [6.07, 6.45) is 2.54. The van der Waals surface area contributed by atoms with Crippen LogP contribution in [0.1, 0.15) is 0 Å². The van der Waals surface area contributed by atoms with Gasteiger partial charge >= 0.3 is 0 Å². The van der Waals surface area contributed by atoms with Gasteiger partial charge in [-0.05, 0) is 11.6 Å². The molecule has 0 aliphatic carbocycles. The maximum atomic E-state index is 11.2. The van der Waals surface area contributed by atoms with Gasteiger partial charge in [0.05, 0.1) is 19.1 Å². The minimum absolute atomic E-state index is 0.0563. The van der Waals surface area contributed by atoms with Crippen LogP contribution in [0.15, 0.2) is 6.20 Å². The molecule has 1 aliphatic heterocycles. The molecule has 1 aromatic heterocycles. The zero-order valence-electron chi connectivity index (χ0n) is 9.51. The summed E-state index contributed by atoms with van der Waals surface area (Å²) < 4.78 is 29.1. The third-order valence-electron chi connectivity index (χ3n) is 2.53. The summed E-state index contributed by atoms with van der Waals surface area (Å²) in [4.78, 5) is 7.54. The van der Waals surface area contributed by atoms with Crippen LogP contribution in [0, 0.1) is 5.92 Å². The molecule has 0 unspecified atom stereocenters. The molecule has 2 rings (SSSR count). The number of halogens is 2. The minimum Gasteiger partial charge on any atom is -0.476 e. The Morgan fingerprint density at radius 2 is 2.17 bits per heavy atom. The van der Waals surface area contributed by atoms with Gasteiger partial charge in [-0.25, -0.2) is 17.7 Å². The van der Waals surface area contributed by atoms with Crippen molar-refractivity contribution >= 4 is 33.2 Å². The van der Waals surface area contributed by atoms with Crippen molar-refractivity contribution in [1.82, 2.24) is 14.3 Å². The highest BCUT2D eigenvalue weighted by atomic mass is 35.5. The van der Waals surface area contributed by atoms with Crippen LogP contribution in [-0.4, -0.2) is 48.6 Å². The van der Waals surface area contributed by atoms with Crippen LogP contribution in [0.25, 0.3) is 0 Å². The number of hydrogen-bond acceptors (Lipinski definition) is 5. The first-order chi connectivity index (χ1) is 8.36. The van der Waals surface area contributed by atoms with Gasteiger partial charge in [0, 0.05) is 19.0 Å². The summed E-state index contributed by atoms with van der Waals surface area (Å²) in [5, 5.41) is 0.333. The second-order valence-electron chi connectivity index (χ2n) is 4.05. The molecule has 2 heterocycles. The largest absolute Gasteiger partial charge is 0.476 e. The Bertz CT molecular complexity index is 546. The number of aromatic nitrogens is 2. The number of rotatable bonds is 4. The quantitative estimate of drug-likeness (QED) is 0.777. The zero-order valence-corrected chi connectivity index (χ0v) is 11.8. The molecular weight excluding hydrogens is 301 g/mol. The first-order valence-corrected chi connectivity index (χ1v) is 7.72. The Labute approximate surface area is 115 Å². The fourth-order valence-electron chi connectivity index (χ4n) is 1.53. The van der Waals surface area contributed by atoms with E-state index >= 15 is 0 Å². The van der Waals surface area contributed by atoms with E-state index in [4.69, 9.17) is 27.9 Å². The predicted molar refractivity (Wildman–Crippen MR) is 67.5 cm³/mol. The molecule has 0 saturated carbocycles. The lowest BCUT2D eigenvalue weighted by molar-refractivity contribution is 0.127. The van der Waals surface area contributed by atoms with Crippen LogP contribution in [0.3, 0.4) is 0 Å². The number of sulfonamides is 1. The Morgan fingerprint density at radius 3 is 2.78 bits per heavy atom. The molecule has 0 radical (unpaired) electrons. The lowest BCUT2D eigenvalue weighted by atomic mass is 10.1. The summed E-state index contributed by atoms with van der Waals surface area (Å²) in [7, 11) is -3.09. The second-order valence-corrected chi connectivity index (χ2v) is 6.78. The van der Waals surface area contributed by atoms with E-state index in [1.807, 2.05) is 0 Å². The van der Waals surface area contributed by atoms with Crippen LogP contribution in [0.2, 0.25) is 10.3 Å². The van der Waals surface area contributed by atoms with Crippen molar-refractivity contribution in [3.8, 4) is 5.88 Å². The van der Waals surface area contributed by atoms with Crippen molar-refractivity contribution in [3.05, 3.63) is 16.5 Å². The molecule has 1 aliphatic rings. The van der Waals surface area contributed by atoms with E-state index in [1.54, 1.807) is 0 Å². The summed E-state index contributed by atoms with van der Waals surface area (Å²) in [5.41, 5.74) is 0. The van der Waals surface area contributed by atoms with Crippen LogP contribution < -0.4 is 4.74 Å². The van der Waals surface area contributed by atoms with Crippen LogP contribution in [0.5, 0.6) is 5.88 Å². The van der Waals surface area contributed by atoms with Crippen molar-refractivity contribution in [2.45, 2.75) is 0 Å². The molecule has 0 atom stereocenters. The van der Waals surface area contributed by atoms with Gasteiger partial charge in [0.2, 0.25) is 21.2 Å². The SMILES string of the molecule is CS(=O)(=O)N1CC(COc2nc(Cl)ncc2Cl)C1. The van der Waals surface area contributed by atoms with E-state index < -0.39 is 10.0 Å². The Balaban J connectivity index is 1.86. The third kappa shape index (κ3) is 3.23. The Kier molecular flexibility index (Phi) is 3.96. The van der Waals surface area contributed by atoms with E-state index in [-0.39, 0.29) is 22.1 Å². The van der Waals surface area contributed by atoms with Crippen molar-refractivity contribution in [2.24, 2.45) is 5.92 Å². The molecule has 100 valence electrons. The lowest BCUT2D eigenvalue weighted by Crippen LogP contribution is -2.51. The van der Waals surface area contributed by atoms with Crippen molar-refractivity contribution < 1.29 is 13.2 Å². The van der Waals surface area contributed by atoms with Crippen LogP contribution >= 0.6 is 23.2 Å². The summed E-state index contributed by atoms with van der Waals surface area (Å²) in [6, 6.07) is 0. The molecule has 1 aromatic rings. The third-order valence-corrected chi connectivity index (χ3v) is 4.21. The zero-order chi connectivity index (χ0) is 13.3. The van der Waals surface area contributed by atoms with Crippen LogP contribution in [-0.2, 0) is 10.0 Å². The fourth-order valence-corrected chi connectivity index (χ4v) is 2.76. The van der Waals surface area contributed by atoms with E-state index in [0.29, 0.717) is 19.7 Å². The highest BCUT2D eigenvalue weighted by molar-refractivity contribution is 7.88. The smallest absolute Gasteiger partial charge is 0.237 e. The van der Waals surface area contributed by atoms with Gasteiger partial charge in [-0.1, -0.05) is 11.6 Å². The van der Waals surface area contributed by atoms with Gasteiger partial charge in [-0.2, -0.15) is 4.98 Å². The molecular formula is C9H11Cl2N3O3S. The number of ether oxygens (including phenoxy) is 1. The average molecular weight is 312 g/mol. The van der Waals surface area contributed by atoms with Gasteiger partial charge < -0.3 is 4.74 Å². The highest BCUT2D eigenvalue weighted by Crippen LogP contribution is 2.24. The van der Waals surface area contributed by atoms with Crippen LogP contribution in [0.4, 0.5) is 0 Å². The molecule has 18 heavy (non-hydrogen) atoms. The van der Waals surface area contributed by atoms with Crippen molar-refractivity contribution in [1.29, 1.82) is 0 Å². The van der Waals surface area contributed by atoms with E-state index in [0.717, 1.165) is 0 Å². The normalized spacial score (nSPS) is 17.5. The van der Waals surface area contributed by atoms with Gasteiger partial charge in [0.1, 0.15) is 5.02 Å². The number of hydrogen-bond donors (Lipinski definition) is 0. The lowest BCUT2D eigenvalue weighted by Gasteiger charge is -2.36. The molecule has 1 fully saturated rings. The standard InChI is InChI=1S/C9H11Cl2N3O3S/c1-18(15,16)14-3-6(4-14)5-17-8-7(10)2-12-9(11)13-8/h2,6H,3-5H2,1H3. The number of nitrogens with zero attached hydrogens (tertiary/aromatic N) is 3. The maximum absolute atomic E-state index is 11.2. The van der Waals surface area contributed by atoms with Gasteiger partial charge in [-0.3, -0.25) is 0 Å². The van der Waals surface area contributed by atoms with Crippen molar-refractivity contribution in [2.75, 3.05) is 26.0 Å².